The summed E-state index contributed by atoms with van der Waals surface area (Å²) in [5.41, 5.74) is 3.47. The van der Waals surface area contributed by atoms with Crippen LogP contribution >= 0.6 is 0 Å². The average Bonchev–Trinajstić information content (AvgIpc) is 2.97. The van der Waals surface area contributed by atoms with E-state index in [1.54, 1.807) is 0 Å². The Labute approximate surface area is 108 Å². The van der Waals surface area contributed by atoms with Crippen molar-refractivity contribution in [2.24, 2.45) is 5.92 Å². The maximum absolute atomic E-state index is 11.4. The molecule has 0 saturated heterocycles. The minimum Gasteiger partial charge on any atom is -0.326 e. The van der Waals surface area contributed by atoms with Gasteiger partial charge in [0.15, 0.2) is 0 Å². The molecule has 1 unspecified atom stereocenters. The number of amides is 1. The lowest BCUT2D eigenvalue weighted by Gasteiger charge is -2.24. The number of benzene rings is 1. The molecular formula is C15H20N2O. The summed E-state index contributed by atoms with van der Waals surface area (Å²) < 4.78 is 0. The molecule has 1 heterocycles. The van der Waals surface area contributed by atoms with Gasteiger partial charge in [-0.3, -0.25) is 4.79 Å². The Morgan fingerprint density at radius 3 is 2.83 bits per heavy atom. The van der Waals surface area contributed by atoms with Crippen molar-refractivity contribution < 1.29 is 4.79 Å². The fourth-order valence-corrected chi connectivity index (χ4v) is 3.41. The van der Waals surface area contributed by atoms with Gasteiger partial charge in [-0.1, -0.05) is 25.0 Å². The Morgan fingerprint density at radius 2 is 2.11 bits per heavy atom. The van der Waals surface area contributed by atoms with Gasteiger partial charge in [0.1, 0.15) is 0 Å². The first-order valence-electron chi connectivity index (χ1n) is 6.88. The van der Waals surface area contributed by atoms with Crippen LogP contribution in [0.15, 0.2) is 18.2 Å². The number of rotatable bonds is 3. The maximum atomic E-state index is 11.4. The van der Waals surface area contributed by atoms with Gasteiger partial charge in [-0.05, 0) is 43.0 Å². The van der Waals surface area contributed by atoms with E-state index < -0.39 is 0 Å². The average molecular weight is 244 g/mol. The molecule has 3 rings (SSSR count). The quantitative estimate of drug-likeness (QED) is 0.858. The van der Waals surface area contributed by atoms with Crippen LogP contribution in [0.5, 0.6) is 0 Å². The predicted octanol–water partition coefficient (Wildman–Crippen LogP) is 2.63. The van der Waals surface area contributed by atoms with Crippen molar-refractivity contribution in [3.8, 4) is 0 Å². The Morgan fingerprint density at radius 1 is 1.33 bits per heavy atom. The standard InChI is InChI=1S/C15H20N2O/c1-16-15(10-4-2-3-5-10)11-6-7-13-12(8-11)9-14(18)17-13/h6-8,10,15-16H,2-5,9H2,1H3,(H,17,18). The topological polar surface area (TPSA) is 41.1 Å². The second kappa shape index (κ2) is 4.73. The minimum absolute atomic E-state index is 0.115. The molecule has 1 aromatic rings. The van der Waals surface area contributed by atoms with Gasteiger partial charge in [-0.15, -0.1) is 0 Å². The summed E-state index contributed by atoms with van der Waals surface area (Å²) in [6.07, 6.45) is 5.88. The van der Waals surface area contributed by atoms with Gasteiger partial charge in [0, 0.05) is 11.7 Å². The molecule has 1 aliphatic carbocycles. The van der Waals surface area contributed by atoms with Gasteiger partial charge in [0.25, 0.3) is 0 Å². The summed E-state index contributed by atoms with van der Waals surface area (Å²) in [7, 11) is 2.04. The molecule has 1 amide bonds. The van der Waals surface area contributed by atoms with Crippen LogP contribution in [-0.2, 0) is 11.2 Å². The number of fused-ring (bicyclic) bond motifs is 1. The number of anilines is 1. The molecular weight excluding hydrogens is 224 g/mol. The van der Waals surface area contributed by atoms with E-state index in [1.165, 1.54) is 31.2 Å². The van der Waals surface area contributed by atoms with Crippen molar-refractivity contribution >= 4 is 11.6 Å². The molecule has 0 radical (unpaired) electrons. The molecule has 3 heteroatoms. The molecule has 1 atom stereocenters. The minimum atomic E-state index is 0.115. The molecule has 0 aromatic heterocycles. The third-order valence-corrected chi connectivity index (χ3v) is 4.30. The molecule has 0 spiro atoms. The van der Waals surface area contributed by atoms with Gasteiger partial charge in [-0.25, -0.2) is 0 Å². The number of nitrogens with one attached hydrogen (secondary N) is 2. The highest BCUT2D eigenvalue weighted by Crippen LogP contribution is 2.37. The largest absolute Gasteiger partial charge is 0.326 e. The first-order chi connectivity index (χ1) is 8.78. The fourth-order valence-electron chi connectivity index (χ4n) is 3.41. The van der Waals surface area contributed by atoms with Crippen LogP contribution in [0.3, 0.4) is 0 Å². The number of carbonyl (C=O) groups is 1. The Hall–Kier alpha value is -1.35. The molecule has 3 nitrogen and oxygen atoms in total. The smallest absolute Gasteiger partial charge is 0.228 e. The lowest BCUT2D eigenvalue weighted by molar-refractivity contribution is -0.115. The lowest BCUT2D eigenvalue weighted by Crippen LogP contribution is -2.23. The third kappa shape index (κ3) is 2.03. The molecule has 1 saturated carbocycles. The van der Waals surface area contributed by atoms with Gasteiger partial charge in [0.2, 0.25) is 5.91 Å². The van der Waals surface area contributed by atoms with E-state index >= 15 is 0 Å². The zero-order valence-corrected chi connectivity index (χ0v) is 10.8. The second-order valence-electron chi connectivity index (χ2n) is 5.45. The normalized spacial score (nSPS) is 20.8. The van der Waals surface area contributed by atoms with Crippen LogP contribution in [0.4, 0.5) is 5.69 Å². The Bertz CT molecular complexity index is 464. The van der Waals surface area contributed by atoms with Crippen LogP contribution in [0.1, 0.15) is 42.9 Å². The summed E-state index contributed by atoms with van der Waals surface area (Å²) in [6, 6.07) is 6.85. The van der Waals surface area contributed by atoms with Crippen molar-refractivity contribution in [2.75, 3.05) is 12.4 Å². The van der Waals surface area contributed by atoms with Crippen molar-refractivity contribution in [3.63, 3.8) is 0 Å². The van der Waals surface area contributed by atoms with E-state index in [2.05, 4.69) is 28.8 Å². The van der Waals surface area contributed by atoms with E-state index in [4.69, 9.17) is 0 Å². The maximum Gasteiger partial charge on any atom is 0.228 e. The molecule has 1 aromatic carbocycles. The third-order valence-electron chi connectivity index (χ3n) is 4.30. The molecule has 96 valence electrons. The summed E-state index contributed by atoms with van der Waals surface area (Å²) >= 11 is 0. The van der Waals surface area contributed by atoms with E-state index in [9.17, 15) is 4.79 Å². The second-order valence-corrected chi connectivity index (χ2v) is 5.45. The highest BCUT2D eigenvalue weighted by molar-refractivity contribution is 5.99. The number of hydrogen-bond acceptors (Lipinski definition) is 2. The summed E-state index contributed by atoms with van der Waals surface area (Å²) in [6.45, 7) is 0. The van der Waals surface area contributed by atoms with Crippen molar-refractivity contribution in [1.82, 2.24) is 5.32 Å². The molecule has 2 N–H and O–H groups in total. The van der Waals surface area contributed by atoms with Crippen LogP contribution in [0.2, 0.25) is 0 Å². The van der Waals surface area contributed by atoms with E-state index in [0.717, 1.165) is 17.2 Å². The zero-order chi connectivity index (χ0) is 12.5. The predicted molar refractivity (Wildman–Crippen MR) is 72.5 cm³/mol. The van der Waals surface area contributed by atoms with Crippen molar-refractivity contribution in [3.05, 3.63) is 29.3 Å². The summed E-state index contributed by atoms with van der Waals surface area (Å²) in [5.74, 6) is 0.863. The highest BCUT2D eigenvalue weighted by Gasteiger charge is 2.26. The Kier molecular flexibility index (Phi) is 3.08. The van der Waals surface area contributed by atoms with Gasteiger partial charge in [-0.2, -0.15) is 0 Å². The van der Waals surface area contributed by atoms with E-state index in [1.807, 2.05) is 7.05 Å². The van der Waals surface area contributed by atoms with Crippen LogP contribution in [-0.4, -0.2) is 13.0 Å². The first-order valence-corrected chi connectivity index (χ1v) is 6.88. The SMILES string of the molecule is CNC(c1ccc2c(c1)CC(=O)N2)C1CCCC1. The zero-order valence-electron chi connectivity index (χ0n) is 10.8. The van der Waals surface area contributed by atoms with Crippen LogP contribution in [0.25, 0.3) is 0 Å². The monoisotopic (exact) mass is 244 g/mol. The molecule has 1 fully saturated rings. The Balaban J connectivity index is 1.87. The number of hydrogen-bond donors (Lipinski definition) is 2. The van der Waals surface area contributed by atoms with Gasteiger partial charge in [0.05, 0.1) is 6.42 Å². The fraction of sp³-hybridized carbons (Fsp3) is 0.533. The van der Waals surface area contributed by atoms with E-state index in [0.29, 0.717) is 12.5 Å². The van der Waals surface area contributed by atoms with Crippen LogP contribution < -0.4 is 10.6 Å². The first kappa shape index (κ1) is 11.7. The van der Waals surface area contributed by atoms with Crippen LogP contribution in [0, 0.1) is 5.92 Å². The summed E-state index contributed by atoms with van der Waals surface area (Å²) in [4.78, 5) is 11.4. The molecule has 2 aliphatic rings. The summed E-state index contributed by atoms with van der Waals surface area (Å²) in [5, 5.41) is 6.35. The van der Waals surface area contributed by atoms with Gasteiger partial charge < -0.3 is 10.6 Å². The van der Waals surface area contributed by atoms with Crippen molar-refractivity contribution in [2.45, 2.75) is 38.1 Å². The molecule has 0 bridgehead atoms. The lowest BCUT2D eigenvalue weighted by atomic mass is 9.90. The highest BCUT2D eigenvalue weighted by atomic mass is 16.1. The number of carbonyl (C=O) groups excluding carboxylic acids is 1. The van der Waals surface area contributed by atoms with Gasteiger partial charge >= 0.3 is 0 Å². The van der Waals surface area contributed by atoms with E-state index in [-0.39, 0.29) is 5.91 Å². The van der Waals surface area contributed by atoms with Crippen molar-refractivity contribution in [1.29, 1.82) is 0 Å². The molecule has 1 aliphatic heterocycles. The molecule has 18 heavy (non-hydrogen) atoms.